The number of piperidine rings is 1. The van der Waals surface area contributed by atoms with Crippen molar-refractivity contribution in [3.63, 3.8) is 0 Å². The van der Waals surface area contributed by atoms with E-state index in [2.05, 4.69) is 15.5 Å². The molecule has 1 unspecified atom stereocenters. The number of nitrogens with zero attached hydrogens (tertiary/aromatic N) is 2. The maximum Gasteiger partial charge on any atom is 0.259 e. The minimum Gasteiger partial charge on any atom is -0.379 e. The summed E-state index contributed by atoms with van der Waals surface area (Å²) < 4.78 is 5.21. The van der Waals surface area contributed by atoms with Crippen molar-refractivity contribution in [1.82, 2.24) is 15.5 Å². The van der Waals surface area contributed by atoms with Crippen molar-refractivity contribution in [1.29, 1.82) is 0 Å². The average molecular weight is 265 g/mol. The van der Waals surface area contributed by atoms with E-state index in [0.29, 0.717) is 31.1 Å². The number of hydrogen-bond acceptors (Lipinski definition) is 6. The smallest absolute Gasteiger partial charge is 0.259 e. The number of aliphatic hydroxyl groups is 1. The van der Waals surface area contributed by atoms with E-state index in [9.17, 15) is 5.11 Å². The number of nitrogens with one attached hydrogen (secondary N) is 1. The fraction of sp³-hybridized carbons (Fsp3) is 0.500. The Bertz CT molecular complexity index is 503. The van der Waals surface area contributed by atoms with Gasteiger partial charge in [-0.2, -0.15) is 4.98 Å². The van der Waals surface area contributed by atoms with E-state index in [-0.39, 0.29) is 0 Å². The lowest BCUT2D eigenvalue weighted by atomic mass is 9.94. The standard InChI is InChI=1S/C12H15N3O2S/c16-12(4-2-5-13-8-12)11-14-10(15-17-11)7-9-3-1-6-18-9/h1,3,6,13,16H,2,4-5,7-8H2. The first-order valence-electron chi connectivity index (χ1n) is 6.05. The van der Waals surface area contributed by atoms with Gasteiger partial charge in [-0.1, -0.05) is 11.2 Å². The molecule has 3 heterocycles. The topological polar surface area (TPSA) is 71.2 Å². The quantitative estimate of drug-likeness (QED) is 0.875. The highest BCUT2D eigenvalue weighted by molar-refractivity contribution is 7.09. The lowest BCUT2D eigenvalue weighted by molar-refractivity contribution is -0.0167. The second kappa shape index (κ2) is 4.79. The first-order chi connectivity index (χ1) is 8.76. The minimum atomic E-state index is -1.00. The number of aromatic nitrogens is 2. The van der Waals surface area contributed by atoms with Gasteiger partial charge in [-0.3, -0.25) is 0 Å². The van der Waals surface area contributed by atoms with Gasteiger partial charge < -0.3 is 14.9 Å². The predicted octanol–water partition coefficient (Wildman–Crippen LogP) is 1.29. The third kappa shape index (κ3) is 2.31. The van der Waals surface area contributed by atoms with Crippen molar-refractivity contribution in [3.05, 3.63) is 34.1 Å². The monoisotopic (exact) mass is 265 g/mol. The van der Waals surface area contributed by atoms with Crippen LogP contribution in [0.1, 0.15) is 29.4 Å². The third-order valence-corrected chi connectivity index (χ3v) is 4.02. The predicted molar refractivity (Wildman–Crippen MR) is 67.4 cm³/mol. The molecule has 0 bridgehead atoms. The molecule has 1 atom stereocenters. The van der Waals surface area contributed by atoms with Crippen LogP contribution in [0.2, 0.25) is 0 Å². The molecule has 5 nitrogen and oxygen atoms in total. The second-order valence-electron chi connectivity index (χ2n) is 4.58. The van der Waals surface area contributed by atoms with E-state index in [4.69, 9.17) is 4.52 Å². The van der Waals surface area contributed by atoms with Crippen LogP contribution in [0.5, 0.6) is 0 Å². The molecule has 2 aromatic rings. The van der Waals surface area contributed by atoms with E-state index in [1.807, 2.05) is 17.5 Å². The zero-order chi connectivity index (χ0) is 12.4. The Morgan fingerprint density at radius 2 is 2.50 bits per heavy atom. The van der Waals surface area contributed by atoms with Crippen molar-refractivity contribution in [3.8, 4) is 0 Å². The molecule has 0 radical (unpaired) electrons. The van der Waals surface area contributed by atoms with Crippen LogP contribution in [-0.2, 0) is 12.0 Å². The van der Waals surface area contributed by atoms with Gasteiger partial charge >= 0.3 is 0 Å². The Balaban J connectivity index is 1.76. The summed E-state index contributed by atoms with van der Waals surface area (Å²) in [6, 6.07) is 4.04. The molecule has 1 saturated heterocycles. The molecule has 1 fully saturated rings. The Morgan fingerprint density at radius 1 is 1.56 bits per heavy atom. The Morgan fingerprint density at radius 3 is 3.22 bits per heavy atom. The Labute approximate surface area is 109 Å². The molecule has 6 heteroatoms. The van der Waals surface area contributed by atoms with Crippen molar-refractivity contribution in [2.75, 3.05) is 13.1 Å². The molecule has 0 aliphatic carbocycles. The summed E-state index contributed by atoms with van der Waals surface area (Å²) in [5, 5.41) is 19.5. The molecule has 18 heavy (non-hydrogen) atoms. The minimum absolute atomic E-state index is 0.334. The maximum absolute atomic E-state index is 10.4. The Hall–Kier alpha value is -1.24. The van der Waals surface area contributed by atoms with Crippen LogP contribution < -0.4 is 5.32 Å². The highest BCUT2D eigenvalue weighted by Gasteiger charge is 2.36. The summed E-state index contributed by atoms with van der Waals surface area (Å²) in [6.07, 6.45) is 2.24. The number of thiophene rings is 1. The highest BCUT2D eigenvalue weighted by Crippen LogP contribution is 2.27. The van der Waals surface area contributed by atoms with Crippen molar-refractivity contribution in [2.45, 2.75) is 24.9 Å². The maximum atomic E-state index is 10.4. The van der Waals surface area contributed by atoms with Gasteiger partial charge in [0.15, 0.2) is 11.4 Å². The normalized spacial score (nSPS) is 24.3. The molecule has 2 aromatic heterocycles. The molecule has 96 valence electrons. The molecule has 3 rings (SSSR count). The number of β-amino-alcohol motifs (C(OH)–C–C–N with tert-alkyl or cyclic N) is 1. The van der Waals surface area contributed by atoms with Gasteiger partial charge in [0.05, 0.1) is 0 Å². The summed E-state index contributed by atoms with van der Waals surface area (Å²) in [7, 11) is 0. The fourth-order valence-corrected chi connectivity index (χ4v) is 2.86. The van der Waals surface area contributed by atoms with E-state index in [1.165, 1.54) is 4.88 Å². The van der Waals surface area contributed by atoms with Gasteiger partial charge in [-0.15, -0.1) is 11.3 Å². The lowest BCUT2D eigenvalue weighted by Gasteiger charge is -2.28. The van der Waals surface area contributed by atoms with E-state index in [1.54, 1.807) is 11.3 Å². The van der Waals surface area contributed by atoms with Gasteiger partial charge in [-0.25, -0.2) is 0 Å². The largest absolute Gasteiger partial charge is 0.379 e. The van der Waals surface area contributed by atoms with Crippen LogP contribution in [0.15, 0.2) is 22.0 Å². The van der Waals surface area contributed by atoms with Gasteiger partial charge in [0.2, 0.25) is 0 Å². The number of hydrogen-bond donors (Lipinski definition) is 2. The molecule has 0 amide bonds. The van der Waals surface area contributed by atoms with E-state index >= 15 is 0 Å². The molecular formula is C12H15N3O2S. The molecule has 0 saturated carbocycles. The van der Waals surface area contributed by atoms with Gasteiger partial charge in [0, 0.05) is 17.8 Å². The fourth-order valence-electron chi connectivity index (χ4n) is 2.16. The van der Waals surface area contributed by atoms with Gasteiger partial charge in [0.25, 0.3) is 5.89 Å². The molecule has 1 aliphatic rings. The first kappa shape index (κ1) is 11.8. The lowest BCUT2D eigenvalue weighted by Crippen LogP contribution is -2.43. The summed E-state index contributed by atoms with van der Waals surface area (Å²) in [5.41, 5.74) is -1.00. The molecule has 0 spiro atoms. The molecular weight excluding hydrogens is 250 g/mol. The first-order valence-corrected chi connectivity index (χ1v) is 6.93. The summed E-state index contributed by atoms with van der Waals surface area (Å²) >= 11 is 1.67. The second-order valence-corrected chi connectivity index (χ2v) is 5.62. The van der Waals surface area contributed by atoms with Crippen LogP contribution in [0.25, 0.3) is 0 Å². The molecule has 1 aliphatic heterocycles. The average Bonchev–Trinajstić information content (AvgIpc) is 3.02. The van der Waals surface area contributed by atoms with E-state index in [0.717, 1.165) is 13.0 Å². The van der Waals surface area contributed by atoms with Crippen LogP contribution in [0.3, 0.4) is 0 Å². The zero-order valence-corrected chi connectivity index (χ0v) is 10.7. The summed E-state index contributed by atoms with van der Waals surface area (Å²) in [5.74, 6) is 0.965. The third-order valence-electron chi connectivity index (χ3n) is 3.14. The number of rotatable bonds is 3. The van der Waals surface area contributed by atoms with E-state index < -0.39 is 5.60 Å². The van der Waals surface area contributed by atoms with Crippen LogP contribution >= 0.6 is 11.3 Å². The Kier molecular flexibility index (Phi) is 3.15. The van der Waals surface area contributed by atoms with Crippen molar-refractivity contribution < 1.29 is 9.63 Å². The van der Waals surface area contributed by atoms with Gasteiger partial charge in [0.1, 0.15) is 0 Å². The van der Waals surface area contributed by atoms with Crippen LogP contribution in [0, 0.1) is 0 Å². The zero-order valence-electron chi connectivity index (χ0n) is 9.93. The van der Waals surface area contributed by atoms with Crippen LogP contribution in [-0.4, -0.2) is 28.3 Å². The van der Waals surface area contributed by atoms with Crippen molar-refractivity contribution >= 4 is 11.3 Å². The highest BCUT2D eigenvalue weighted by atomic mass is 32.1. The summed E-state index contributed by atoms with van der Waals surface area (Å²) in [4.78, 5) is 5.51. The summed E-state index contributed by atoms with van der Waals surface area (Å²) in [6.45, 7) is 1.41. The van der Waals surface area contributed by atoms with Crippen LogP contribution in [0.4, 0.5) is 0 Å². The van der Waals surface area contributed by atoms with Crippen molar-refractivity contribution in [2.24, 2.45) is 0 Å². The van der Waals surface area contributed by atoms with Gasteiger partial charge in [-0.05, 0) is 30.8 Å². The SMILES string of the molecule is OC1(c2nc(Cc3cccs3)no2)CCCNC1. The molecule has 0 aromatic carbocycles. The molecule has 2 N–H and O–H groups in total.